The van der Waals surface area contributed by atoms with Crippen molar-refractivity contribution in [3.8, 4) is 0 Å². The number of H-pyrrole nitrogens is 1. The highest BCUT2D eigenvalue weighted by Crippen LogP contribution is 2.17. The molecule has 3 N–H and O–H groups in total. The maximum absolute atomic E-state index is 10.9. The molecule has 0 saturated heterocycles. The Morgan fingerprint density at radius 1 is 1.56 bits per heavy atom. The fourth-order valence-electron chi connectivity index (χ4n) is 1.26. The van der Waals surface area contributed by atoms with Crippen molar-refractivity contribution in [1.29, 1.82) is 0 Å². The summed E-state index contributed by atoms with van der Waals surface area (Å²) in [5.41, 5.74) is 0.799. The SMILES string of the molecule is Cc1ncc(C(=O)O)c(Nc2cc[nH]c2)n1. The van der Waals surface area contributed by atoms with E-state index in [0.29, 0.717) is 11.6 Å². The lowest BCUT2D eigenvalue weighted by Crippen LogP contribution is -2.06. The van der Waals surface area contributed by atoms with Gasteiger partial charge in [-0.1, -0.05) is 0 Å². The molecule has 0 bridgehead atoms. The molecule has 82 valence electrons. The summed E-state index contributed by atoms with van der Waals surface area (Å²) in [6.07, 6.45) is 4.74. The molecule has 0 amide bonds. The third-order valence-electron chi connectivity index (χ3n) is 2.00. The molecule has 6 nitrogen and oxygen atoms in total. The first-order valence-corrected chi connectivity index (χ1v) is 4.63. The van der Waals surface area contributed by atoms with Crippen molar-refractivity contribution in [2.24, 2.45) is 0 Å². The van der Waals surface area contributed by atoms with Crippen LogP contribution in [0.3, 0.4) is 0 Å². The van der Waals surface area contributed by atoms with Crippen molar-refractivity contribution in [3.63, 3.8) is 0 Å². The van der Waals surface area contributed by atoms with Crippen LogP contribution in [0.5, 0.6) is 0 Å². The second kappa shape index (κ2) is 4.01. The first-order chi connectivity index (χ1) is 7.66. The molecule has 0 fully saturated rings. The maximum Gasteiger partial charge on any atom is 0.341 e. The van der Waals surface area contributed by atoms with Crippen LogP contribution >= 0.6 is 0 Å². The summed E-state index contributed by atoms with van der Waals surface area (Å²) in [4.78, 5) is 21.7. The Morgan fingerprint density at radius 3 is 3.00 bits per heavy atom. The number of carbonyl (C=O) groups is 1. The van der Waals surface area contributed by atoms with Crippen molar-refractivity contribution in [2.75, 3.05) is 5.32 Å². The molecule has 2 aromatic heterocycles. The molecular weight excluding hydrogens is 208 g/mol. The van der Waals surface area contributed by atoms with Crippen LogP contribution in [0.1, 0.15) is 16.2 Å². The number of aromatic amines is 1. The van der Waals surface area contributed by atoms with Crippen LogP contribution in [-0.2, 0) is 0 Å². The molecule has 0 radical (unpaired) electrons. The van der Waals surface area contributed by atoms with Gasteiger partial charge in [-0.25, -0.2) is 14.8 Å². The monoisotopic (exact) mass is 218 g/mol. The molecule has 0 saturated carbocycles. The maximum atomic E-state index is 10.9. The minimum absolute atomic E-state index is 0.0480. The molecule has 2 aromatic rings. The lowest BCUT2D eigenvalue weighted by atomic mass is 10.3. The second-order valence-corrected chi connectivity index (χ2v) is 3.21. The number of carboxylic acid groups (broad SMARTS) is 1. The normalized spacial score (nSPS) is 10.1. The highest BCUT2D eigenvalue weighted by molar-refractivity contribution is 5.93. The highest BCUT2D eigenvalue weighted by Gasteiger charge is 2.12. The smallest absolute Gasteiger partial charge is 0.341 e. The lowest BCUT2D eigenvalue weighted by Gasteiger charge is -2.06. The van der Waals surface area contributed by atoms with Gasteiger partial charge in [-0.3, -0.25) is 0 Å². The molecule has 0 spiro atoms. The largest absolute Gasteiger partial charge is 0.477 e. The van der Waals surface area contributed by atoms with E-state index in [1.165, 1.54) is 6.20 Å². The van der Waals surface area contributed by atoms with E-state index < -0.39 is 5.97 Å². The fourth-order valence-corrected chi connectivity index (χ4v) is 1.26. The van der Waals surface area contributed by atoms with Gasteiger partial charge in [0.2, 0.25) is 0 Å². The number of aryl methyl sites for hydroxylation is 1. The van der Waals surface area contributed by atoms with E-state index in [0.717, 1.165) is 5.69 Å². The second-order valence-electron chi connectivity index (χ2n) is 3.21. The van der Waals surface area contributed by atoms with Crippen LogP contribution in [0.2, 0.25) is 0 Å². The van der Waals surface area contributed by atoms with E-state index in [1.807, 2.05) is 0 Å². The van der Waals surface area contributed by atoms with Crippen LogP contribution in [0.15, 0.2) is 24.7 Å². The molecule has 2 rings (SSSR count). The molecule has 2 heterocycles. The first kappa shape index (κ1) is 10.2. The standard InChI is InChI=1S/C10H10N4O2/c1-6-12-5-8(10(15)16)9(13-6)14-7-2-3-11-4-7/h2-5,11H,1H3,(H,15,16)(H,12,13,14). The Kier molecular flexibility index (Phi) is 2.55. The van der Waals surface area contributed by atoms with E-state index in [-0.39, 0.29) is 5.56 Å². The van der Waals surface area contributed by atoms with Gasteiger partial charge >= 0.3 is 5.97 Å². The Bertz CT molecular complexity index is 508. The van der Waals surface area contributed by atoms with Gasteiger partial charge in [0.1, 0.15) is 17.2 Å². The van der Waals surface area contributed by atoms with Crippen molar-refractivity contribution in [1.82, 2.24) is 15.0 Å². The number of anilines is 2. The topological polar surface area (TPSA) is 90.9 Å². The van der Waals surface area contributed by atoms with Gasteiger partial charge in [-0.05, 0) is 13.0 Å². The number of hydrogen-bond acceptors (Lipinski definition) is 4. The number of carboxylic acids is 1. The van der Waals surface area contributed by atoms with Crippen LogP contribution < -0.4 is 5.32 Å². The molecular formula is C10H10N4O2. The van der Waals surface area contributed by atoms with Gasteiger partial charge < -0.3 is 15.4 Å². The lowest BCUT2D eigenvalue weighted by molar-refractivity contribution is 0.0697. The Balaban J connectivity index is 2.38. The number of nitrogens with zero attached hydrogens (tertiary/aromatic N) is 2. The summed E-state index contributed by atoms with van der Waals surface area (Å²) in [5.74, 6) is -0.249. The van der Waals surface area contributed by atoms with Crippen molar-refractivity contribution >= 4 is 17.5 Å². The average Bonchev–Trinajstić information content (AvgIpc) is 2.70. The van der Waals surface area contributed by atoms with E-state index in [9.17, 15) is 4.79 Å². The predicted octanol–water partition coefficient (Wildman–Crippen LogP) is 1.55. The predicted molar refractivity (Wildman–Crippen MR) is 57.8 cm³/mol. The van der Waals surface area contributed by atoms with Gasteiger partial charge in [0.25, 0.3) is 0 Å². The van der Waals surface area contributed by atoms with Gasteiger partial charge in [0, 0.05) is 18.6 Å². The van der Waals surface area contributed by atoms with Crippen LogP contribution in [0.25, 0.3) is 0 Å². The molecule has 0 unspecified atom stereocenters. The Labute approximate surface area is 91.4 Å². The van der Waals surface area contributed by atoms with Crippen molar-refractivity contribution < 1.29 is 9.90 Å². The van der Waals surface area contributed by atoms with Gasteiger partial charge in [0.05, 0.1) is 5.69 Å². The highest BCUT2D eigenvalue weighted by atomic mass is 16.4. The summed E-state index contributed by atoms with van der Waals surface area (Å²) >= 11 is 0. The van der Waals surface area contributed by atoms with Gasteiger partial charge in [0.15, 0.2) is 0 Å². The number of aromatic carboxylic acids is 1. The molecule has 0 atom stereocenters. The Hall–Kier alpha value is -2.37. The summed E-state index contributed by atoms with van der Waals surface area (Å²) in [5, 5.41) is 11.9. The molecule has 0 aliphatic rings. The average molecular weight is 218 g/mol. The summed E-state index contributed by atoms with van der Waals surface area (Å²) in [6.45, 7) is 1.70. The summed E-state index contributed by atoms with van der Waals surface area (Å²) in [7, 11) is 0. The summed E-state index contributed by atoms with van der Waals surface area (Å²) < 4.78 is 0. The molecule has 0 aliphatic carbocycles. The zero-order chi connectivity index (χ0) is 11.5. The third kappa shape index (κ3) is 2.00. The summed E-state index contributed by atoms with van der Waals surface area (Å²) in [6, 6.07) is 1.78. The van der Waals surface area contributed by atoms with Crippen LogP contribution in [-0.4, -0.2) is 26.0 Å². The zero-order valence-corrected chi connectivity index (χ0v) is 8.56. The van der Waals surface area contributed by atoms with Gasteiger partial charge in [-0.15, -0.1) is 0 Å². The Morgan fingerprint density at radius 2 is 2.38 bits per heavy atom. The van der Waals surface area contributed by atoms with E-state index >= 15 is 0 Å². The van der Waals surface area contributed by atoms with Gasteiger partial charge in [-0.2, -0.15) is 0 Å². The zero-order valence-electron chi connectivity index (χ0n) is 8.56. The molecule has 0 aliphatic heterocycles. The number of aromatic nitrogens is 3. The number of hydrogen-bond donors (Lipinski definition) is 3. The minimum Gasteiger partial charge on any atom is -0.477 e. The number of nitrogens with one attached hydrogen (secondary N) is 2. The van der Waals surface area contributed by atoms with E-state index in [4.69, 9.17) is 5.11 Å². The van der Waals surface area contributed by atoms with E-state index in [2.05, 4.69) is 20.3 Å². The first-order valence-electron chi connectivity index (χ1n) is 4.63. The van der Waals surface area contributed by atoms with Crippen molar-refractivity contribution in [2.45, 2.75) is 6.92 Å². The van der Waals surface area contributed by atoms with Crippen LogP contribution in [0.4, 0.5) is 11.5 Å². The van der Waals surface area contributed by atoms with E-state index in [1.54, 1.807) is 25.4 Å². The molecule has 16 heavy (non-hydrogen) atoms. The van der Waals surface area contributed by atoms with Crippen LogP contribution in [0, 0.1) is 6.92 Å². The van der Waals surface area contributed by atoms with Crippen molar-refractivity contribution in [3.05, 3.63) is 36.0 Å². The quantitative estimate of drug-likeness (QED) is 0.727. The molecule has 0 aromatic carbocycles. The third-order valence-corrected chi connectivity index (χ3v) is 2.00. The minimum atomic E-state index is -1.06. The molecule has 6 heteroatoms. The number of rotatable bonds is 3. The fraction of sp³-hybridized carbons (Fsp3) is 0.100.